The maximum atomic E-state index is 12.8. The summed E-state index contributed by atoms with van der Waals surface area (Å²) in [5.74, 6) is -3.87. The quantitative estimate of drug-likeness (QED) is 0.0832. The van der Waals surface area contributed by atoms with Crippen LogP contribution >= 0.6 is 21.6 Å². The number of carbonyl (C=O) groups is 5. The molecule has 12 nitrogen and oxygen atoms in total. The summed E-state index contributed by atoms with van der Waals surface area (Å²) < 4.78 is 0. The van der Waals surface area contributed by atoms with Crippen molar-refractivity contribution < 1.29 is 39.3 Å². The van der Waals surface area contributed by atoms with E-state index in [0.717, 1.165) is 0 Å². The lowest BCUT2D eigenvalue weighted by Gasteiger charge is -2.25. The highest BCUT2D eigenvalue weighted by atomic mass is 33.1. The number of carboxylic acid groups (broad SMARTS) is 2. The van der Waals surface area contributed by atoms with E-state index in [1.807, 2.05) is 13.8 Å². The fourth-order valence-corrected chi connectivity index (χ4v) is 5.50. The van der Waals surface area contributed by atoms with Crippen molar-refractivity contribution in [3.05, 3.63) is 0 Å². The topological polar surface area (TPSA) is 194 Å². The molecule has 14 heteroatoms. The van der Waals surface area contributed by atoms with Crippen LogP contribution in [0.4, 0.5) is 0 Å². The number of carboxylic acids is 2. The molecule has 0 aromatic rings. The van der Waals surface area contributed by atoms with Crippen molar-refractivity contribution in [2.24, 2.45) is 5.92 Å². The van der Waals surface area contributed by atoms with Crippen molar-refractivity contribution >= 4 is 51.1 Å². The monoisotopic (exact) mass is 566 g/mol. The summed E-state index contributed by atoms with van der Waals surface area (Å²) in [6.45, 7) is 11.9. The first-order valence-electron chi connectivity index (χ1n) is 12.1. The Kier molecular flexibility index (Phi) is 16.7. The molecule has 0 bridgehead atoms. The Bertz CT molecular complexity index is 780. The minimum atomic E-state index is -1.46. The number of carbonyl (C=O) groups excluding carboxylic acids is 3. The van der Waals surface area contributed by atoms with Crippen molar-refractivity contribution in [3.63, 3.8) is 0 Å². The van der Waals surface area contributed by atoms with Crippen molar-refractivity contribution in [2.75, 3.05) is 11.5 Å². The summed E-state index contributed by atoms with van der Waals surface area (Å²) in [6, 6.07) is -4.34. The van der Waals surface area contributed by atoms with Gasteiger partial charge in [0.2, 0.25) is 11.8 Å². The van der Waals surface area contributed by atoms with Crippen molar-refractivity contribution in [3.8, 4) is 0 Å². The Hall–Kier alpha value is -1.87. The van der Waals surface area contributed by atoms with Gasteiger partial charge in [0.15, 0.2) is 11.8 Å². The first-order chi connectivity index (χ1) is 17.1. The molecule has 2 amide bonds. The molecule has 0 aliphatic heterocycles. The zero-order chi connectivity index (χ0) is 28.9. The van der Waals surface area contributed by atoms with E-state index in [1.54, 1.807) is 27.7 Å². The Balaban J connectivity index is 5.29. The molecule has 5 atom stereocenters. The largest absolute Gasteiger partial charge is 0.481 e. The Labute approximate surface area is 226 Å². The van der Waals surface area contributed by atoms with Gasteiger partial charge < -0.3 is 36.6 Å². The molecule has 0 aliphatic rings. The van der Waals surface area contributed by atoms with Crippen LogP contribution < -0.4 is 21.3 Å². The minimum Gasteiger partial charge on any atom is -0.481 e. The molecule has 7 N–H and O–H groups in total. The molecule has 0 saturated heterocycles. The highest BCUT2D eigenvalue weighted by molar-refractivity contribution is 8.76. The van der Waals surface area contributed by atoms with Gasteiger partial charge in [-0.25, -0.2) is 4.79 Å². The lowest BCUT2D eigenvalue weighted by Crippen LogP contribution is -2.55. The molecule has 0 aliphatic carbocycles. The third-order valence-electron chi connectivity index (χ3n) is 4.91. The summed E-state index contributed by atoms with van der Waals surface area (Å²) in [7, 11) is 2.51. The summed E-state index contributed by atoms with van der Waals surface area (Å²) >= 11 is 0. The molecule has 0 spiro atoms. The van der Waals surface area contributed by atoms with E-state index in [0.29, 0.717) is 0 Å². The van der Waals surface area contributed by atoms with E-state index >= 15 is 0 Å². The van der Waals surface area contributed by atoms with Crippen molar-refractivity contribution in [1.82, 2.24) is 21.3 Å². The molecule has 0 aromatic carbocycles. The standard InChI is InChI=1S/C23H42N4O8S2/c1-11(2)20(31)16(26-21(32)15(8-18(29)30)24-12(3)4)9-36-37-10-17(25-13(5)6)22(33)27-19(14(7)28)23(34)35/h11-17,19,24-25,28H,8-10H2,1-7H3,(H,26,32)(H,27,33)(H,29,30)(H,34,35)/t14-,15+,16+,17+,19+/m1/s1. The second-order valence-electron chi connectivity index (χ2n) is 9.60. The number of nitrogens with one attached hydrogen (secondary N) is 4. The number of hydrogen-bond acceptors (Lipinski definition) is 10. The van der Waals surface area contributed by atoms with Gasteiger partial charge in [0, 0.05) is 29.5 Å². The second kappa shape index (κ2) is 17.6. The average Bonchev–Trinajstić information content (AvgIpc) is 2.75. The van der Waals surface area contributed by atoms with E-state index in [4.69, 9.17) is 5.11 Å². The zero-order valence-electron chi connectivity index (χ0n) is 22.4. The molecule has 0 radical (unpaired) electrons. The Morgan fingerprint density at radius 1 is 0.703 bits per heavy atom. The predicted octanol–water partition coefficient (Wildman–Crippen LogP) is 0.236. The van der Waals surface area contributed by atoms with Crippen LogP contribution in [0, 0.1) is 5.92 Å². The van der Waals surface area contributed by atoms with Crippen LogP contribution in [-0.4, -0.2) is 98.7 Å². The number of hydrogen-bond donors (Lipinski definition) is 7. The van der Waals surface area contributed by atoms with E-state index in [2.05, 4.69) is 21.3 Å². The molecular formula is C23H42N4O8S2. The number of aliphatic hydroxyl groups excluding tert-OH is 1. The van der Waals surface area contributed by atoms with Crippen molar-refractivity contribution in [1.29, 1.82) is 0 Å². The average molecular weight is 567 g/mol. The zero-order valence-corrected chi connectivity index (χ0v) is 24.1. The molecule has 0 saturated carbocycles. The highest BCUT2D eigenvalue weighted by Gasteiger charge is 2.31. The van der Waals surface area contributed by atoms with Crippen molar-refractivity contribution in [2.45, 2.75) is 97.2 Å². The van der Waals surface area contributed by atoms with Gasteiger partial charge in [-0.05, 0) is 6.92 Å². The summed E-state index contributed by atoms with van der Waals surface area (Å²) in [5, 5.41) is 39.0. The SMILES string of the molecule is CC(C)N[C@@H](CC(=O)O)C(=O)N[C@@H](CSSC[C@H](NC(C)C)C(=O)N[C@H](C(=O)O)[C@@H](C)O)C(=O)C(C)C. The number of ketones is 1. The summed E-state index contributed by atoms with van der Waals surface area (Å²) in [5.41, 5.74) is 0. The molecule has 0 rings (SSSR count). The first-order valence-corrected chi connectivity index (χ1v) is 14.6. The third-order valence-corrected chi connectivity index (χ3v) is 7.33. The summed E-state index contributed by atoms with van der Waals surface area (Å²) in [4.78, 5) is 60.7. The van der Waals surface area contributed by atoms with Gasteiger partial charge >= 0.3 is 11.9 Å². The Morgan fingerprint density at radius 3 is 1.57 bits per heavy atom. The van der Waals surface area contributed by atoms with Crippen LogP contribution in [0.3, 0.4) is 0 Å². The lowest BCUT2D eigenvalue weighted by atomic mass is 10.0. The van der Waals surface area contributed by atoms with Crippen LogP contribution in [0.15, 0.2) is 0 Å². The number of Topliss-reactive ketones (excluding diaryl/α,β-unsaturated/α-hetero) is 1. The van der Waals surface area contributed by atoms with Crippen LogP contribution in [0.2, 0.25) is 0 Å². The first kappa shape index (κ1) is 35.1. The van der Waals surface area contributed by atoms with Gasteiger partial charge in [-0.15, -0.1) is 0 Å². The van der Waals surface area contributed by atoms with Gasteiger partial charge in [0.1, 0.15) is 0 Å². The highest BCUT2D eigenvalue weighted by Crippen LogP contribution is 2.24. The number of amides is 2. The third kappa shape index (κ3) is 14.6. The van der Waals surface area contributed by atoms with Crippen LogP contribution in [0.5, 0.6) is 0 Å². The maximum absolute atomic E-state index is 12.8. The van der Waals surface area contributed by atoms with Gasteiger partial charge in [-0.3, -0.25) is 19.2 Å². The minimum absolute atomic E-state index is 0.0923. The van der Waals surface area contributed by atoms with E-state index < -0.39 is 60.4 Å². The summed E-state index contributed by atoms with van der Waals surface area (Å²) in [6.07, 6.45) is -1.72. The molecule has 0 aromatic heterocycles. The van der Waals surface area contributed by atoms with Crippen LogP contribution in [-0.2, 0) is 24.0 Å². The van der Waals surface area contributed by atoms with Crippen LogP contribution in [0.1, 0.15) is 54.9 Å². The smallest absolute Gasteiger partial charge is 0.328 e. The predicted molar refractivity (Wildman–Crippen MR) is 144 cm³/mol. The van der Waals surface area contributed by atoms with E-state index in [1.165, 1.54) is 28.5 Å². The van der Waals surface area contributed by atoms with Gasteiger partial charge in [-0.2, -0.15) is 0 Å². The lowest BCUT2D eigenvalue weighted by molar-refractivity contribution is -0.145. The van der Waals surface area contributed by atoms with Gasteiger partial charge in [0.25, 0.3) is 0 Å². The molecule has 214 valence electrons. The molecule has 37 heavy (non-hydrogen) atoms. The fourth-order valence-electron chi connectivity index (χ4n) is 3.15. The molecule has 0 unspecified atom stereocenters. The molecule has 0 fully saturated rings. The molecule has 0 heterocycles. The van der Waals surface area contributed by atoms with E-state index in [9.17, 15) is 34.2 Å². The maximum Gasteiger partial charge on any atom is 0.328 e. The normalized spacial score (nSPS) is 15.6. The number of aliphatic carboxylic acids is 2. The van der Waals surface area contributed by atoms with Gasteiger partial charge in [0.05, 0.1) is 30.7 Å². The Morgan fingerprint density at radius 2 is 1.16 bits per heavy atom. The fraction of sp³-hybridized carbons (Fsp3) is 0.783. The number of aliphatic hydroxyl groups is 1. The molecular weight excluding hydrogens is 524 g/mol. The van der Waals surface area contributed by atoms with E-state index in [-0.39, 0.29) is 35.3 Å². The second-order valence-corrected chi connectivity index (χ2v) is 12.2. The van der Waals surface area contributed by atoms with Gasteiger partial charge in [-0.1, -0.05) is 63.1 Å². The number of rotatable bonds is 19. The van der Waals surface area contributed by atoms with Crippen LogP contribution in [0.25, 0.3) is 0 Å².